The van der Waals surface area contributed by atoms with Crippen LogP contribution in [0.5, 0.6) is 0 Å². The van der Waals surface area contributed by atoms with E-state index < -0.39 is 6.04 Å². The van der Waals surface area contributed by atoms with Gasteiger partial charge in [0.15, 0.2) is 4.83 Å². The van der Waals surface area contributed by atoms with Crippen LogP contribution in [0.3, 0.4) is 0 Å². The van der Waals surface area contributed by atoms with Gasteiger partial charge in [0.05, 0.1) is 23.7 Å². The zero-order valence-corrected chi connectivity index (χ0v) is 20.5. The molecule has 2 heterocycles. The summed E-state index contributed by atoms with van der Waals surface area (Å²) < 4.78 is 6.06. The maximum Gasteiger partial charge on any atom is 0.264 e. The normalized spacial score (nSPS) is 12.1. The molecular formula is C26H29N5O2S. The molecule has 0 bridgehead atoms. The monoisotopic (exact) mass is 475 g/mol. The maximum atomic E-state index is 13.7. The molecule has 1 atom stereocenters. The molecule has 0 aliphatic rings. The van der Waals surface area contributed by atoms with Crippen LogP contribution in [0, 0.1) is 13.8 Å². The van der Waals surface area contributed by atoms with E-state index in [1.54, 1.807) is 9.47 Å². The maximum absolute atomic E-state index is 13.7. The molecule has 0 aliphatic carbocycles. The molecule has 0 fully saturated rings. The first-order valence-electron chi connectivity index (χ1n) is 11.4. The van der Waals surface area contributed by atoms with E-state index in [9.17, 15) is 9.59 Å². The molecule has 0 spiro atoms. The van der Waals surface area contributed by atoms with Crippen molar-refractivity contribution in [2.24, 2.45) is 5.73 Å². The molecule has 34 heavy (non-hydrogen) atoms. The van der Waals surface area contributed by atoms with E-state index >= 15 is 0 Å². The quantitative estimate of drug-likeness (QED) is 0.415. The van der Waals surface area contributed by atoms with Crippen molar-refractivity contribution in [3.8, 4) is 0 Å². The van der Waals surface area contributed by atoms with Gasteiger partial charge in [0.2, 0.25) is 0 Å². The molecule has 0 aliphatic heterocycles. The van der Waals surface area contributed by atoms with Gasteiger partial charge in [-0.05, 0) is 49.5 Å². The lowest BCUT2D eigenvalue weighted by atomic mass is 10.1. The number of benzene rings is 2. The molecule has 7 nitrogen and oxygen atoms in total. The number of nitrogens with two attached hydrogens (primary N) is 1. The van der Waals surface area contributed by atoms with Crippen molar-refractivity contribution in [2.45, 2.75) is 39.8 Å². The molecule has 176 valence electrons. The third-order valence-corrected chi connectivity index (χ3v) is 6.80. The highest BCUT2D eigenvalue weighted by atomic mass is 32.1. The zero-order valence-electron chi connectivity index (χ0n) is 19.7. The van der Waals surface area contributed by atoms with Crippen molar-refractivity contribution in [1.29, 1.82) is 0 Å². The summed E-state index contributed by atoms with van der Waals surface area (Å²) >= 11 is 1.21. The van der Waals surface area contributed by atoms with Crippen molar-refractivity contribution in [1.82, 2.24) is 18.8 Å². The van der Waals surface area contributed by atoms with E-state index in [1.807, 2.05) is 75.4 Å². The zero-order chi connectivity index (χ0) is 24.2. The predicted octanol–water partition coefficient (Wildman–Crippen LogP) is 4.07. The van der Waals surface area contributed by atoms with Crippen LogP contribution < -0.4 is 11.3 Å². The van der Waals surface area contributed by atoms with Crippen LogP contribution in [0.4, 0.5) is 0 Å². The Kier molecular flexibility index (Phi) is 7.19. The highest BCUT2D eigenvalue weighted by Gasteiger charge is 2.29. The molecular weight excluding hydrogens is 446 g/mol. The van der Waals surface area contributed by atoms with Crippen molar-refractivity contribution in [3.05, 3.63) is 93.2 Å². The number of rotatable bonds is 8. The number of amides is 1. The van der Waals surface area contributed by atoms with Crippen LogP contribution in [0.1, 0.15) is 52.4 Å². The molecule has 0 saturated heterocycles. The molecule has 8 heteroatoms. The van der Waals surface area contributed by atoms with Gasteiger partial charge in [0.25, 0.3) is 11.5 Å². The second-order valence-electron chi connectivity index (χ2n) is 8.37. The number of nitrogens with zero attached hydrogens (tertiary/aromatic N) is 4. The van der Waals surface area contributed by atoms with Crippen LogP contribution >= 0.6 is 11.5 Å². The van der Waals surface area contributed by atoms with E-state index in [2.05, 4.69) is 4.37 Å². The topological polar surface area (TPSA) is 94.1 Å². The molecule has 0 unspecified atom stereocenters. The first-order valence-corrected chi connectivity index (χ1v) is 12.2. The number of aromatic nitrogens is 3. The highest BCUT2D eigenvalue weighted by molar-refractivity contribution is 7.12. The molecule has 0 radical (unpaired) electrons. The number of hydrogen-bond donors (Lipinski definition) is 1. The Labute approximate surface area is 203 Å². The lowest BCUT2D eigenvalue weighted by Gasteiger charge is -2.32. The third-order valence-electron chi connectivity index (χ3n) is 5.97. The van der Waals surface area contributed by atoms with E-state index in [1.165, 1.54) is 11.5 Å². The van der Waals surface area contributed by atoms with Gasteiger partial charge in [-0.2, -0.15) is 4.37 Å². The average Bonchev–Trinajstić information content (AvgIpc) is 3.22. The Morgan fingerprint density at radius 2 is 1.82 bits per heavy atom. The van der Waals surface area contributed by atoms with Crippen LogP contribution in [-0.2, 0) is 6.54 Å². The van der Waals surface area contributed by atoms with Crippen LogP contribution in [0.25, 0.3) is 10.2 Å². The SMILES string of the molecule is CC[C@H](c1nc2snc(C)c2c(=O)n1Cc1ccccc1)N(CCN)C(=O)c1ccc(C)cc1. The first kappa shape index (κ1) is 23.8. The van der Waals surface area contributed by atoms with Crippen molar-refractivity contribution in [2.75, 3.05) is 13.1 Å². The van der Waals surface area contributed by atoms with Crippen LogP contribution in [0.2, 0.25) is 0 Å². The number of aryl methyl sites for hydroxylation is 2. The number of fused-ring (bicyclic) bond motifs is 1. The molecule has 2 aromatic heterocycles. The highest BCUT2D eigenvalue weighted by Crippen LogP contribution is 2.27. The Morgan fingerprint density at radius 1 is 1.12 bits per heavy atom. The van der Waals surface area contributed by atoms with Gasteiger partial charge in [-0.15, -0.1) is 0 Å². The second-order valence-corrected chi connectivity index (χ2v) is 9.12. The summed E-state index contributed by atoms with van der Waals surface area (Å²) in [6.45, 7) is 6.83. The van der Waals surface area contributed by atoms with Crippen molar-refractivity contribution >= 4 is 27.7 Å². The Hall–Kier alpha value is -3.36. The Balaban J connectivity index is 1.87. The minimum Gasteiger partial charge on any atom is -0.329 e. The summed E-state index contributed by atoms with van der Waals surface area (Å²) in [5.41, 5.74) is 9.13. The van der Waals surface area contributed by atoms with Gasteiger partial charge in [0.1, 0.15) is 5.82 Å². The summed E-state index contributed by atoms with van der Waals surface area (Å²) in [4.78, 5) is 34.5. The minimum absolute atomic E-state index is 0.126. The number of carbonyl (C=O) groups is 1. The minimum atomic E-state index is -0.416. The molecule has 0 saturated carbocycles. The molecule has 2 N–H and O–H groups in total. The number of hydrogen-bond acceptors (Lipinski definition) is 6. The van der Waals surface area contributed by atoms with E-state index in [0.717, 1.165) is 11.1 Å². The Morgan fingerprint density at radius 3 is 2.47 bits per heavy atom. The largest absolute Gasteiger partial charge is 0.329 e. The molecule has 2 aromatic carbocycles. The van der Waals surface area contributed by atoms with Crippen LogP contribution in [-0.4, -0.2) is 37.8 Å². The van der Waals surface area contributed by atoms with E-state index in [4.69, 9.17) is 10.7 Å². The van der Waals surface area contributed by atoms with Gasteiger partial charge < -0.3 is 10.6 Å². The Bertz CT molecular complexity index is 1350. The fraction of sp³-hybridized carbons (Fsp3) is 0.308. The van der Waals surface area contributed by atoms with Gasteiger partial charge in [-0.1, -0.05) is 55.0 Å². The van der Waals surface area contributed by atoms with Crippen LogP contribution in [0.15, 0.2) is 59.4 Å². The van der Waals surface area contributed by atoms with Gasteiger partial charge in [0, 0.05) is 18.7 Å². The first-order chi connectivity index (χ1) is 16.4. The standard InChI is InChI=1S/C26H29N5O2S/c1-4-21(30(15-14-27)25(32)20-12-10-17(2)11-13-20)23-28-24-22(18(3)29-34-24)26(33)31(23)16-19-8-6-5-7-9-19/h5-13,21H,4,14-16,27H2,1-3H3/t21-/m1/s1. The van der Waals surface area contributed by atoms with E-state index in [-0.39, 0.29) is 11.5 Å². The van der Waals surface area contributed by atoms with Gasteiger partial charge >= 0.3 is 0 Å². The molecule has 1 amide bonds. The second kappa shape index (κ2) is 10.3. The van der Waals surface area contributed by atoms with Crippen molar-refractivity contribution in [3.63, 3.8) is 0 Å². The predicted molar refractivity (Wildman–Crippen MR) is 136 cm³/mol. The summed E-state index contributed by atoms with van der Waals surface area (Å²) in [5, 5.41) is 0.537. The summed E-state index contributed by atoms with van der Waals surface area (Å²) in [5.74, 6) is 0.430. The molecule has 4 aromatic rings. The fourth-order valence-electron chi connectivity index (χ4n) is 4.20. The lowest BCUT2D eigenvalue weighted by molar-refractivity contribution is 0.0664. The summed E-state index contributed by atoms with van der Waals surface area (Å²) in [6.07, 6.45) is 0.585. The lowest BCUT2D eigenvalue weighted by Crippen LogP contribution is -2.41. The van der Waals surface area contributed by atoms with Gasteiger partial charge in [-0.25, -0.2) is 4.98 Å². The average molecular weight is 476 g/mol. The smallest absolute Gasteiger partial charge is 0.264 e. The summed E-state index contributed by atoms with van der Waals surface area (Å²) in [7, 11) is 0. The van der Waals surface area contributed by atoms with E-state index in [0.29, 0.717) is 53.4 Å². The third kappa shape index (κ3) is 4.64. The molecule has 4 rings (SSSR count). The van der Waals surface area contributed by atoms with Crippen molar-refractivity contribution < 1.29 is 4.79 Å². The van der Waals surface area contributed by atoms with Gasteiger partial charge in [-0.3, -0.25) is 14.2 Å². The fourth-order valence-corrected chi connectivity index (χ4v) is 4.97. The number of carbonyl (C=O) groups excluding carboxylic acids is 1. The summed E-state index contributed by atoms with van der Waals surface area (Å²) in [6, 6.07) is 16.9.